The van der Waals surface area contributed by atoms with Gasteiger partial charge >= 0.3 is 18.0 Å². The van der Waals surface area contributed by atoms with Crippen LogP contribution >= 0.6 is 0 Å². The number of fused-ring (bicyclic) bond motifs is 1. The molecule has 1 fully saturated rings. The van der Waals surface area contributed by atoms with Crippen LogP contribution in [0.5, 0.6) is 0 Å². The predicted octanol–water partition coefficient (Wildman–Crippen LogP) is 0.995. The summed E-state index contributed by atoms with van der Waals surface area (Å²) in [6.45, 7) is 2.44. The number of para-hydroxylation sites is 1. The molecule has 1 aromatic carbocycles. The van der Waals surface area contributed by atoms with Crippen molar-refractivity contribution in [2.75, 3.05) is 44.6 Å². The summed E-state index contributed by atoms with van der Waals surface area (Å²) in [5.41, 5.74) is 0.750. The van der Waals surface area contributed by atoms with Crippen molar-refractivity contribution in [1.29, 1.82) is 0 Å². The van der Waals surface area contributed by atoms with Crippen molar-refractivity contribution >= 4 is 46.4 Å². The molecular weight excluding hydrogens is 486 g/mol. The van der Waals surface area contributed by atoms with E-state index in [1.807, 2.05) is 0 Å². The molecule has 0 radical (unpaired) electrons. The number of carboxylic acids is 2. The number of aliphatic carboxylic acids is 2. The first-order chi connectivity index (χ1) is 17.7. The van der Waals surface area contributed by atoms with Crippen LogP contribution in [0.4, 0.5) is 10.5 Å². The summed E-state index contributed by atoms with van der Waals surface area (Å²) in [6, 6.07) is 7.10. The zero-order valence-corrected chi connectivity index (χ0v) is 20.3. The molecule has 0 aliphatic carbocycles. The molecule has 0 saturated carbocycles. The lowest BCUT2D eigenvalue weighted by Gasteiger charge is -2.35. The maximum atomic E-state index is 13.2. The normalized spacial score (nSPS) is 14.1. The molecular formula is C24H29N5O8. The van der Waals surface area contributed by atoms with Crippen LogP contribution in [0.3, 0.4) is 0 Å². The Bertz CT molecular complexity index is 1180. The maximum absolute atomic E-state index is 13.2. The van der Waals surface area contributed by atoms with Gasteiger partial charge in [0.1, 0.15) is 18.3 Å². The van der Waals surface area contributed by atoms with E-state index in [4.69, 9.17) is 14.9 Å². The molecule has 0 bridgehead atoms. The summed E-state index contributed by atoms with van der Waals surface area (Å²) in [7, 11) is 0. The van der Waals surface area contributed by atoms with Crippen molar-refractivity contribution in [3.63, 3.8) is 0 Å². The van der Waals surface area contributed by atoms with Gasteiger partial charge in [0.25, 0.3) is 5.91 Å². The fourth-order valence-electron chi connectivity index (χ4n) is 3.91. The van der Waals surface area contributed by atoms with E-state index in [0.29, 0.717) is 16.6 Å². The Labute approximate surface area is 212 Å². The number of nitrogens with zero attached hydrogens (tertiary/aromatic N) is 3. The molecule has 2 aromatic rings. The lowest BCUT2D eigenvalue weighted by molar-refractivity contribution is -0.138. The molecule has 37 heavy (non-hydrogen) atoms. The minimum atomic E-state index is -1.14. The topological polar surface area (TPSA) is 178 Å². The average molecular weight is 516 g/mol. The molecule has 198 valence electrons. The minimum absolute atomic E-state index is 0.0631. The Morgan fingerprint density at radius 3 is 2.35 bits per heavy atom. The van der Waals surface area contributed by atoms with Gasteiger partial charge in [-0.1, -0.05) is 18.2 Å². The number of carboxylic acid groups (broad SMARTS) is 2. The van der Waals surface area contributed by atoms with Crippen LogP contribution in [0.1, 0.15) is 30.3 Å². The highest BCUT2D eigenvalue weighted by molar-refractivity contribution is 6.01. The Morgan fingerprint density at radius 1 is 1.03 bits per heavy atom. The molecule has 1 unspecified atom stereocenters. The van der Waals surface area contributed by atoms with Gasteiger partial charge in [-0.15, -0.1) is 0 Å². The number of hydrogen-bond acceptors (Lipinski definition) is 8. The number of carbonyl (C=O) groups is 5. The summed E-state index contributed by atoms with van der Waals surface area (Å²) < 4.78 is 4.98. The van der Waals surface area contributed by atoms with Crippen LogP contribution < -0.4 is 10.6 Å². The SMILES string of the molecule is CCOC(=O)N1CCN(C(=O)C(CCC(=O)O)NC(=O)c2cc(NCC(=O)O)c3ccccc3n2)CC1. The monoisotopic (exact) mass is 515 g/mol. The van der Waals surface area contributed by atoms with Gasteiger partial charge in [0.15, 0.2) is 0 Å². The molecule has 4 N–H and O–H groups in total. The molecule has 13 heteroatoms. The van der Waals surface area contributed by atoms with E-state index in [2.05, 4.69) is 15.6 Å². The third-order valence-electron chi connectivity index (χ3n) is 5.75. The van der Waals surface area contributed by atoms with E-state index in [-0.39, 0.29) is 57.9 Å². The van der Waals surface area contributed by atoms with Crippen LogP contribution in [-0.2, 0) is 19.1 Å². The van der Waals surface area contributed by atoms with Crippen LogP contribution in [0.15, 0.2) is 30.3 Å². The second-order valence-electron chi connectivity index (χ2n) is 8.29. The largest absolute Gasteiger partial charge is 0.481 e. The van der Waals surface area contributed by atoms with Crippen molar-refractivity contribution < 1.29 is 38.9 Å². The zero-order chi connectivity index (χ0) is 26.9. The number of pyridine rings is 1. The first-order valence-corrected chi connectivity index (χ1v) is 11.8. The van der Waals surface area contributed by atoms with Crippen LogP contribution in [0.2, 0.25) is 0 Å². The van der Waals surface area contributed by atoms with Gasteiger partial charge in [0.05, 0.1) is 12.1 Å². The van der Waals surface area contributed by atoms with Gasteiger partial charge in [-0.3, -0.25) is 19.2 Å². The van der Waals surface area contributed by atoms with Crippen molar-refractivity contribution in [1.82, 2.24) is 20.1 Å². The molecule has 1 aliphatic heterocycles. The molecule has 0 spiro atoms. The number of rotatable bonds is 10. The Kier molecular flexibility index (Phi) is 9.19. The number of aromatic nitrogens is 1. The minimum Gasteiger partial charge on any atom is -0.481 e. The number of amides is 3. The zero-order valence-electron chi connectivity index (χ0n) is 20.3. The third-order valence-corrected chi connectivity index (χ3v) is 5.75. The quantitative estimate of drug-likeness (QED) is 0.357. The molecule has 1 saturated heterocycles. The van der Waals surface area contributed by atoms with E-state index in [1.54, 1.807) is 31.2 Å². The lowest BCUT2D eigenvalue weighted by atomic mass is 10.1. The molecule has 1 aromatic heterocycles. The Balaban J connectivity index is 1.77. The van der Waals surface area contributed by atoms with Crippen molar-refractivity contribution in [3.05, 3.63) is 36.0 Å². The number of hydrogen-bond donors (Lipinski definition) is 4. The standard InChI is InChI=1S/C24H29N5O8/c1-2-37-24(36)29-11-9-28(10-12-29)23(35)17(7-8-20(30)31)27-22(34)19-13-18(25-14-21(32)33)15-5-3-4-6-16(15)26-19/h3-6,13,17H,2,7-12,14H2,1H3,(H,25,26)(H,27,34)(H,30,31)(H,32,33). The highest BCUT2D eigenvalue weighted by Gasteiger charge is 2.31. The molecule has 3 amide bonds. The van der Waals surface area contributed by atoms with Gasteiger partial charge in [0.2, 0.25) is 5.91 Å². The molecule has 3 rings (SSSR count). The van der Waals surface area contributed by atoms with Gasteiger partial charge in [-0.25, -0.2) is 9.78 Å². The fraction of sp³-hybridized carbons (Fsp3) is 0.417. The number of benzene rings is 1. The predicted molar refractivity (Wildman–Crippen MR) is 131 cm³/mol. The van der Waals surface area contributed by atoms with Crippen molar-refractivity contribution in [2.24, 2.45) is 0 Å². The number of ether oxygens (including phenoxy) is 1. The second-order valence-corrected chi connectivity index (χ2v) is 8.29. The first kappa shape index (κ1) is 27.2. The highest BCUT2D eigenvalue weighted by atomic mass is 16.6. The molecule has 1 atom stereocenters. The van der Waals surface area contributed by atoms with E-state index in [1.165, 1.54) is 15.9 Å². The number of carbonyl (C=O) groups excluding carboxylic acids is 3. The number of nitrogens with one attached hydrogen (secondary N) is 2. The Hall–Kier alpha value is -4.42. The summed E-state index contributed by atoms with van der Waals surface area (Å²) >= 11 is 0. The van der Waals surface area contributed by atoms with Crippen molar-refractivity contribution in [3.8, 4) is 0 Å². The summed E-state index contributed by atoms with van der Waals surface area (Å²) in [5.74, 6) is -3.39. The van der Waals surface area contributed by atoms with Gasteiger partial charge < -0.3 is 35.4 Å². The average Bonchev–Trinajstić information content (AvgIpc) is 2.89. The number of anilines is 1. The van der Waals surface area contributed by atoms with Crippen molar-refractivity contribution in [2.45, 2.75) is 25.8 Å². The van der Waals surface area contributed by atoms with Gasteiger partial charge in [-0.2, -0.15) is 0 Å². The molecule has 13 nitrogen and oxygen atoms in total. The first-order valence-electron chi connectivity index (χ1n) is 11.8. The summed E-state index contributed by atoms with van der Waals surface area (Å²) in [6.07, 6.45) is -0.967. The highest BCUT2D eigenvalue weighted by Crippen LogP contribution is 2.23. The van der Waals surface area contributed by atoms with Crippen LogP contribution in [-0.4, -0.2) is 100 Å². The Morgan fingerprint density at radius 2 is 1.70 bits per heavy atom. The lowest BCUT2D eigenvalue weighted by Crippen LogP contribution is -2.56. The molecule has 2 heterocycles. The summed E-state index contributed by atoms with van der Waals surface area (Å²) in [4.78, 5) is 67.8. The van der Waals surface area contributed by atoms with E-state index >= 15 is 0 Å². The van der Waals surface area contributed by atoms with Crippen LogP contribution in [0, 0.1) is 0 Å². The number of piperazine rings is 1. The maximum Gasteiger partial charge on any atom is 0.409 e. The third kappa shape index (κ3) is 7.29. The molecule has 1 aliphatic rings. The van der Waals surface area contributed by atoms with E-state index < -0.39 is 35.9 Å². The smallest absolute Gasteiger partial charge is 0.409 e. The van der Waals surface area contributed by atoms with Gasteiger partial charge in [0, 0.05) is 43.7 Å². The van der Waals surface area contributed by atoms with E-state index in [9.17, 15) is 24.0 Å². The van der Waals surface area contributed by atoms with Crippen LogP contribution in [0.25, 0.3) is 10.9 Å². The van der Waals surface area contributed by atoms with E-state index in [0.717, 1.165) is 0 Å². The van der Waals surface area contributed by atoms with Gasteiger partial charge in [-0.05, 0) is 25.5 Å². The summed E-state index contributed by atoms with van der Waals surface area (Å²) in [5, 5.41) is 24.1. The second kappa shape index (κ2) is 12.5. The fourth-order valence-corrected chi connectivity index (χ4v) is 3.91.